The molecular weight excluding hydrogens is 1230 g/mol. The number of ether oxygens (including phenoxy) is 4. The lowest BCUT2D eigenvalue weighted by Crippen LogP contribution is -2.53. The Bertz CT molecular complexity index is 3230. The second-order valence-corrected chi connectivity index (χ2v) is 25.4. The number of ketones is 2. The first kappa shape index (κ1) is 71.2. The average Bonchev–Trinajstić information content (AvgIpc) is 1.58. The largest absolute Gasteiger partial charge is 0.462 e. The summed E-state index contributed by atoms with van der Waals surface area (Å²) in [6.45, 7) is 16.8. The molecule has 0 radical (unpaired) electrons. The number of aryl methyl sites for hydroxylation is 1. The second-order valence-electron chi connectivity index (χ2n) is 24.5. The molecule has 6 rings (SSSR count). The minimum absolute atomic E-state index is 0.00380. The molecular formula is C66H87BrClN7O14. The van der Waals surface area contributed by atoms with Crippen molar-refractivity contribution in [3.8, 4) is 0 Å². The number of unbranched alkanes of at least 4 members (excludes halogenated alkanes) is 2. The number of nitrogens with one attached hydrogen (secondary N) is 3. The van der Waals surface area contributed by atoms with Crippen molar-refractivity contribution in [2.75, 3.05) is 44.5 Å². The van der Waals surface area contributed by atoms with Crippen molar-refractivity contribution < 1.29 is 67.2 Å². The molecule has 0 aliphatic carbocycles. The molecule has 23 heteroatoms. The van der Waals surface area contributed by atoms with E-state index >= 15 is 0 Å². The highest BCUT2D eigenvalue weighted by molar-refractivity contribution is 9.09. The molecule has 6 N–H and O–H groups in total. The fourth-order valence-electron chi connectivity index (χ4n) is 11.5. The van der Waals surface area contributed by atoms with Crippen molar-refractivity contribution in [2.24, 2.45) is 23.5 Å². The van der Waals surface area contributed by atoms with Gasteiger partial charge in [0.2, 0.25) is 17.7 Å². The number of alkyl halides is 1. The third kappa shape index (κ3) is 18.9. The molecule has 89 heavy (non-hydrogen) atoms. The van der Waals surface area contributed by atoms with Crippen LogP contribution >= 0.6 is 27.5 Å². The molecule has 4 heterocycles. The lowest BCUT2D eigenvalue weighted by molar-refractivity contribution is -0.187. The molecule has 484 valence electrons. The van der Waals surface area contributed by atoms with E-state index in [9.17, 15) is 48.3 Å². The number of epoxide rings is 1. The first-order valence-electron chi connectivity index (χ1n) is 30.3. The van der Waals surface area contributed by atoms with Crippen molar-refractivity contribution in [2.45, 2.75) is 173 Å². The van der Waals surface area contributed by atoms with Crippen LogP contribution in [0.3, 0.4) is 0 Å². The number of benzene rings is 2. The van der Waals surface area contributed by atoms with E-state index in [-0.39, 0.29) is 80.4 Å². The molecule has 2 fully saturated rings. The van der Waals surface area contributed by atoms with Crippen LogP contribution in [-0.2, 0) is 65.4 Å². The van der Waals surface area contributed by atoms with Gasteiger partial charge >= 0.3 is 18.0 Å². The van der Waals surface area contributed by atoms with Gasteiger partial charge in [0.25, 0.3) is 5.91 Å². The average molecular weight is 1320 g/mol. The molecule has 2 aromatic carbocycles. The van der Waals surface area contributed by atoms with Gasteiger partial charge in [0.15, 0.2) is 5.78 Å². The second kappa shape index (κ2) is 31.7. The van der Waals surface area contributed by atoms with Crippen LogP contribution < -0.4 is 26.6 Å². The SMILES string of the molecule is C=C(CBr)C(=O)NCCCCCC(=O)C[C@H](C(=O)N[C@@H](CCCNC(N)=O)C(=O)Cc1ccc2cc(C(=O)N(C)[C@@H](C)C(=O)O[C@H]3CC(=O)N(C)c4cc(cc(C)c4Cl)C/C(C)=C/C=C/[C@@H](OC)[C@]4(O)CC(=O)O[C@@H](C4)[C@@H](C)[C@@H]4O[C@@]34C)ccc2n1)C(C)C. The van der Waals surface area contributed by atoms with Crippen LogP contribution in [0.25, 0.3) is 10.9 Å². The third-order valence-electron chi connectivity index (χ3n) is 17.2. The highest BCUT2D eigenvalue weighted by Gasteiger charge is 2.64. The Labute approximate surface area is 534 Å². The molecule has 3 aliphatic heterocycles. The highest BCUT2D eigenvalue weighted by Crippen LogP contribution is 2.50. The summed E-state index contributed by atoms with van der Waals surface area (Å²) >= 11 is 10.1. The Morgan fingerprint density at radius 1 is 1.01 bits per heavy atom. The topological polar surface area (TPSA) is 296 Å². The van der Waals surface area contributed by atoms with Gasteiger partial charge in [0.1, 0.15) is 41.3 Å². The predicted molar refractivity (Wildman–Crippen MR) is 341 cm³/mol. The Hall–Kier alpha value is -6.85. The van der Waals surface area contributed by atoms with Crippen molar-refractivity contribution in [1.82, 2.24) is 25.8 Å². The number of methoxy groups -OCH3 is 1. The number of hydrogen-bond acceptors (Lipinski definition) is 15. The summed E-state index contributed by atoms with van der Waals surface area (Å²) in [6.07, 6.45) is 3.98. The van der Waals surface area contributed by atoms with Crippen molar-refractivity contribution in [1.29, 1.82) is 0 Å². The smallest absolute Gasteiger partial charge is 0.328 e. The van der Waals surface area contributed by atoms with Crippen molar-refractivity contribution in [3.63, 3.8) is 0 Å². The Morgan fingerprint density at radius 2 is 1.73 bits per heavy atom. The van der Waals surface area contributed by atoms with Crippen LogP contribution in [-0.4, -0.2) is 155 Å². The fraction of sp³-hybridized carbons (Fsp3) is 0.545. The molecule has 3 aromatic rings. The molecule has 0 saturated carbocycles. The van der Waals surface area contributed by atoms with E-state index in [1.54, 1.807) is 63.4 Å². The van der Waals surface area contributed by atoms with Gasteiger partial charge in [-0.2, -0.15) is 0 Å². The number of rotatable bonds is 25. The first-order valence-corrected chi connectivity index (χ1v) is 31.8. The molecule has 4 bridgehead atoms. The predicted octanol–water partition coefficient (Wildman–Crippen LogP) is 7.83. The van der Waals surface area contributed by atoms with Gasteiger partial charge in [-0.3, -0.25) is 38.5 Å². The number of hydrogen-bond donors (Lipinski definition) is 5. The Kier molecular flexibility index (Phi) is 25.4. The number of anilines is 1. The first-order chi connectivity index (χ1) is 42.0. The lowest BCUT2D eigenvalue weighted by Gasteiger charge is -2.41. The van der Waals surface area contributed by atoms with Gasteiger partial charge in [0, 0.05) is 92.9 Å². The summed E-state index contributed by atoms with van der Waals surface area (Å²) in [5.74, 6) is -5.10. The van der Waals surface area contributed by atoms with Crippen LogP contribution in [0, 0.1) is 24.7 Å². The zero-order valence-electron chi connectivity index (χ0n) is 52.7. The quantitative estimate of drug-likeness (QED) is 0.0178. The Balaban J connectivity index is 1.15. The maximum absolute atomic E-state index is 14.5. The number of carbonyl (C=O) groups is 9. The zero-order chi connectivity index (χ0) is 65.7. The van der Waals surface area contributed by atoms with Crippen molar-refractivity contribution in [3.05, 3.63) is 106 Å². The molecule has 3 aliphatic rings. The molecule has 0 unspecified atom stereocenters. The maximum atomic E-state index is 14.5. The normalized spacial score (nSPS) is 24.0. The van der Waals surface area contributed by atoms with E-state index in [2.05, 4.69) is 38.5 Å². The number of aliphatic hydroxyl groups is 1. The van der Waals surface area contributed by atoms with Gasteiger partial charge < -0.3 is 55.5 Å². The molecule has 1 aromatic heterocycles. The number of allylic oxidation sites excluding steroid dienone is 3. The van der Waals surface area contributed by atoms with Crippen LogP contribution in [0.2, 0.25) is 5.02 Å². The number of fused-ring (bicyclic) bond motifs is 6. The van der Waals surface area contributed by atoms with Gasteiger partial charge in [-0.15, -0.1) is 0 Å². The van der Waals surface area contributed by atoms with Crippen LogP contribution in [0.5, 0.6) is 0 Å². The minimum Gasteiger partial charge on any atom is -0.462 e. The van der Waals surface area contributed by atoms with E-state index in [0.717, 1.165) is 16.7 Å². The molecule has 10 atom stereocenters. The van der Waals surface area contributed by atoms with Crippen LogP contribution in [0.15, 0.2) is 78.4 Å². The number of urea groups is 1. The molecule has 0 spiro atoms. The van der Waals surface area contributed by atoms with Crippen LogP contribution in [0.1, 0.15) is 133 Å². The van der Waals surface area contributed by atoms with Crippen LogP contribution in [0.4, 0.5) is 10.5 Å². The Morgan fingerprint density at radius 3 is 2.42 bits per heavy atom. The van der Waals surface area contributed by atoms with Gasteiger partial charge in [-0.25, -0.2) is 9.59 Å². The summed E-state index contributed by atoms with van der Waals surface area (Å²) < 4.78 is 24.3. The van der Waals surface area contributed by atoms with Gasteiger partial charge in [-0.05, 0) is 107 Å². The zero-order valence-corrected chi connectivity index (χ0v) is 55.1. The van der Waals surface area contributed by atoms with E-state index in [1.165, 1.54) is 30.9 Å². The maximum Gasteiger partial charge on any atom is 0.328 e. The summed E-state index contributed by atoms with van der Waals surface area (Å²) in [5, 5.41) is 21.5. The number of pyridine rings is 1. The fourth-order valence-corrected chi connectivity index (χ4v) is 12.0. The number of nitrogens with zero attached hydrogens (tertiary/aromatic N) is 3. The number of carbonyl (C=O) groups excluding carboxylic acids is 9. The number of esters is 2. The van der Waals surface area contributed by atoms with E-state index < -0.39 is 95.2 Å². The molecule has 21 nitrogen and oxygen atoms in total. The number of aromatic nitrogens is 1. The minimum atomic E-state index is -1.64. The van der Waals surface area contributed by atoms with E-state index in [1.807, 2.05) is 45.9 Å². The standard InChI is InChI=1S/C66H87BrClN7O14/c1-37(2)48(32-47(76)18-13-12-14-25-70-60(80)40(5)36-67)61(81)73-50(19-16-26-71-64(69)84)52(77)31-46-23-21-44-30-45(22-24-49(44)72-46)62(82)74(9)42(7)63(83)88-55-33-56(78)75(10)51-29-43(28-39(4)58(51)68)27-38(3)17-15-20-54(86-11)66(85)34-53(87-57(79)35-66)41(6)59-65(55,8)89-59/h15,17,20-24,28-30,37,41-42,48,50,53-55,59,85H,5,12-14,16,18-19,25-27,31-36H2,1-4,6-11H3,(H,70,80)(H,73,81)(H3,69,71,84)/b20-15+,38-17+/t41-,42+,48+,50+,53+,54-,55+,59+,65+,66-/m1/s1. The molecule has 6 amide bonds. The number of likely N-dealkylation sites (N-methyl/N-ethyl adjacent to an activating group) is 1. The highest BCUT2D eigenvalue weighted by atomic mass is 79.9. The summed E-state index contributed by atoms with van der Waals surface area (Å²) in [4.78, 5) is 128. The summed E-state index contributed by atoms with van der Waals surface area (Å²) in [6, 6.07) is 8.95. The molecule has 2 saturated heterocycles. The number of nitrogens with two attached hydrogens (primary N) is 1. The van der Waals surface area contributed by atoms with Gasteiger partial charge in [0.05, 0.1) is 47.6 Å². The van der Waals surface area contributed by atoms with Gasteiger partial charge in [-0.1, -0.05) is 97.2 Å². The number of Topliss-reactive ketones (excluding diaryl/α,β-unsaturated/α-hetero) is 2. The summed E-state index contributed by atoms with van der Waals surface area (Å²) in [5.41, 5.74) is 6.80. The number of amides is 6. The monoisotopic (exact) mass is 1320 g/mol. The van der Waals surface area contributed by atoms with E-state index in [4.69, 9.17) is 41.3 Å². The number of halogens is 2. The third-order valence-corrected chi connectivity index (χ3v) is 18.4. The lowest BCUT2D eigenvalue weighted by atomic mass is 9.78. The number of primary amides is 1. The van der Waals surface area contributed by atoms with E-state index in [0.29, 0.717) is 76.9 Å². The van der Waals surface area contributed by atoms with Crippen molar-refractivity contribution >= 4 is 97.3 Å². The summed E-state index contributed by atoms with van der Waals surface area (Å²) in [7, 11) is 4.50.